The molecule has 18 nitrogen and oxygen atoms in total. The lowest BCUT2D eigenvalue weighted by molar-refractivity contribution is -0.146. The molecule has 8 atom stereocenters. The van der Waals surface area contributed by atoms with Gasteiger partial charge in [-0.25, -0.2) is 13.4 Å². The molecule has 1 heterocycles. The van der Waals surface area contributed by atoms with Gasteiger partial charge in [-0.2, -0.15) is 0 Å². The Kier molecular flexibility index (Phi) is 21.3. The zero-order valence-electron chi connectivity index (χ0n) is 37.7. The number of nitrogens with one attached hydrogen (secondary N) is 2. The van der Waals surface area contributed by atoms with Crippen molar-refractivity contribution in [3.05, 3.63) is 46.3 Å². The van der Waals surface area contributed by atoms with Gasteiger partial charge < -0.3 is 34.4 Å². The number of likely N-dealkylation sites (tertiary alicyclic amines) is 1. The van der Waals surface area contributed by atoms with Crippen molar-refractivity contribution in [2.45, 2.75) is 110 Å². The molecule has 0 bridgehead atoms. The molecule has 0 saturated carbocycles. The minimum Gasteiger partial charge on any atom is -0.379 e. The number of hydrogen-bond acceptors (Lipinski definition) is 10. The van der Waals surface area contributed by atoms with Crippen LogP contribution in [0.2, 0.25) is 0 Å². The maximum absolute atomic E-state index is 14.3. The highest BCUT2D eigenvalue weighted by Crippen LogP contribution is 2.30. The van der Waals surface area contributed by atoms with Crippen LogP contribution in [0.4, 0.5) is 0 Å². The van der Waals surface area contributed by atoms with Gasteiger partial charge in [0.2, 0.25) is 27.7 Å². The first kappa shape index (κ1) is 51.7. The number of carbonyl (C=O) groups excluding carboxylic acids is 4. The van der Waals surface area contributed by atoms with E-state index in [1.54, 1.807) is 61.2 Å². The van der Waals surface area contributed by atoms with Gasteiger partial charge in [-0.15, -0.1) is 0 Å². The Hall–Kier alpha value is -4.45. The molecule has 338 valence electrons. The number of carbonyl (C=O) groups is 4. The van der Waals surface area contributed by atoms with Crippen LogP contribution in [0.1, 0.15) is 72.3 Å². The van der Waals surface area contributed by atoms with Crippen LogP contribution in [0, 0.1) is 17.8 Å². The number of hydrogen-bond donors (Lipinski definition) is 2. The van der Waals surface area contributed by atoms with Gasteiger partial charge in [-0.3, -0.25) is 23.9 Å². The highest BCUT2D eigenvalue weighted by Gasteiger charge is 2.43. The second-order valence-corrected chi connectivity index (χ2v) is 18.2. The molecule has 0 aromatic heterocycles. The molecule has 0 spiro atoms. The number of sulfonamides is 1. The Morgan fingerprint density at radius 3 is 2.15 bits per heavy atom. The van der Waals surface area contributed by atoms with Crippen molar-refractivity contribution in [2.24, 2.45) is 27.9 Å². The van der Waals surface area contributed by atoms with Crippen molar-refractivity contribution in [2.75, 3.05) is 68.3 Å². The average molecular weight is 863 g/mol. The maximum atomic E-state index is 14.3. The third-order valence-electron chi connectivity index (χ3n) is 11.1. The minimum absolute atomic E-state index is 0.00628. The van der Waals surface area contributed by atoms with E-state index >= 15 is 0 Å². The standard InChI is InChI=1S/C41H70N10O8S/c1-13-28(4)36(50(10)40(55)35(27(2)3)45-41(48(6)7)49(8)9)33(58-11)26-34(52)51-23-17-21-32(51)37(59-12)29(5)38(53)44-31(25-30-19-15-14-16-20-30)39(54)46-60(56,57)24-18-22-43-47-42/h14-16,19-20,27-29,31-33,35-37H,13,17-18,21-26H2,1-12H3,(H,44,53)(H,46,54)/t28-,29+,31-,32-,33-,35-,36-,37+/m0/s1. The summed E-state index contributed by atoms with van der Waals surface area (Å²) in [4.78, 5) is 70.6. The molecule has 2 rings (SSSR count). The highest BCUT2D eigenvalue weighted by molar-refractivity contribution is 7.90. The second kappa shape index (κ2) is 24.7. The molecular weight excluding hydrogens is 793 g/mol. The largest absolute Gasteiger partial charge is 0.379 e. The summed E-state index contributed by atoms with van der Waals surface area (Å²) < 4.78 is 39.5. The van der Waals surface area contributed by atoms with E-state index in [0.717, 1.165) is 6.42 Å². The number of likely N-dealkylation sites (N-methyl/N-ethyl adjacent to an activating group) is 1. The number of aliphatic imine (C=N–C) groups is 1. The second-order valence-electron chi connectivity index (χ2n) is 16.3. The molecular formula is C41H70N10O8S. The fourth-order valence-electron chi connectivity index (χ4n) is 7.77. The minimum atomic E-state index is -4.11. The van der Waals surface area contributed by atoms with Gasteiger partial charge in [0.15, 0.2) is 5.96 Å². The van der Waals surface area contributed by atoms with Gasteiger partial charge in [0, 0.05) is 73.9 Å². The molecule has 1 saturated heterocycles. The van der Waals surface area contributed by atoms with Gasteiger partial charge in [-0.05, 0) is 42.2 Å². The van der Waals surface area contributed by atoms with Crippen molar-refractivity contribution in [3.63, 3.8) is 0 Å². The quantitative estimate of drug-likeness (QED) is 0.0409. The van der Waals surface area contributed by atoms with E-state index < -0.39 is 69.9 Å². The van der Waals surface area contributed by atoms with E-state index in [1.807, 2.05) is 65.7 Å². The van der Waals surface area contributed by atoms with E-state index in [4.69, 9.17) is 20.0 Å². The Labute approximate surface area is 357 Å². The van der Waals surface area contributed by atoms with Crippen LogP contribution < -0.4 is 10.0 Å². The van der Waals surface area contributed by atoms with Crippen LogP contribution in [0.3, 0.4) is 0 Å². The first-order valence-corrected chi connectivity index (χ1v) is 22.3. The summed E-state index contributed by atoms with van der Waals surface area (Å²) in [6, 6.07) is 5.99. The van der Waals surface area contributed by atoms with Crippen LogP contribution in [0.25, 0.3) is 10.4 Å². The predicted octanol–water partition coefficient (Wildman–Crippen LogP) is 3.28. The monoisotopic (exact) mass is 863 g/mol. The van der Waals surface area contributed by atoms with Crippen molar-refractivity contribution < 1.29 is 37.1 Å². The Bertz CT molecular complexity index is 1730. The first-order valence-electron chi connectivity index (χ1n) is 20.7. The number of azide groups is 1. The number of guanidine groups is 1. The van der Waals surface area contributed by atoms with E-state index in [2.05, 4.69) is 20.1 Å². The third kappa shape index (κ3) is 14.9. The maximum Gasteiger partial charge on any atom is 0.256 e. The predicted molar refractivity (Wildman–Crippen MR) is 232 cm³/mol. The topological polar surface area (TPSA) is 219 Å². The molecule has 1 aromatic rings. The molecule has 0 unspecified atom stereocenters. The summed E-state index contributed by atoms with van der Waals surface area (Å²) in [7, 11) is 8.17. The number of amides is 4. The number of benzene rings is 1. The number of methoxy groups -OCH3 is 2. The van der Waals surface area contributed by atoms with Gasteiger partial charge in [-0.1, -0.05) is 76.5 Å². The lowest BCUT2D eigenvalue weighted by Gasteiger charge is -2.40. The van der Waals surface area contributed by atoms with Crippen molar-refractivity contribution in [1.82, 2.24) is 29.6 Å². The molecule has 4 amide bonds. The molecule has 0 radical (unpaired) electrons. The smallest absolute Gasteiger partial charge is 0.256 e. The van der Waals surface area contributed by atoms with Crippen LogP contribution >= 0.6 is 0 Å². The lowest BCUT2D eigenvalue weighted by Crippen LogP contribution is -2.56. The van der Waals surface area contributed by atoms with Crippen molar-refractivity contribution in [3.8, 4) is 0 Å². The Balaban J connectivity index is 2.35. The summed E-state index contributed by atoms with van der Waals surface area (Å²) in [5, 5.41) is 6.09. The van der Waals surface area contributed by atoms with Gasteiger partial charge >= 0.3 is 0 Å². The molecule has 2 N–H and O–H groups in total. The summed E-state index contributed by atoms with van der Waals surface area (Å²) in [5.74, 6) is -2.65. The summed E-state index contributed by atoms with van der Waals surface area (Å²) in [6.07, 6.45) is 0.511. The normalized spacial score (nSPS) is 17.6. The Morgan fingerprint density at radius 2 is 1.62 bits per heavy atom. The molecule has 0 aliphatic carbocycles. The number of nitrogens with zero attached hydrogens (tertiary/aromatic N) is 8. The van der Waals surface area contributed by atoms with Crippen LogP contribution in [0.15, 0.2) is 40.4 Å². The fraction of sp³-hybridized carbons (Fsp3) is 0.732. The van der Waals surface area contributed by atoms with Gasteiger partial charge in [0.1, 0.15) is 12.1 Å². The van der Waals surface area contributed by atoms with Crippen LogP contribution in [0.5, 0.6) is 0 Å². The highest BCUT2D eigenvalue weighted by atomic mass is 32.2. The SMILES string of the molecule is CC[C@H](C)[C@@H]([C@H](CC(=O)N1CCC[C@H]1[C@H](OC)[C@@H](C)C(=O)N[C@@H](Cc1ccccc1)C(=O)NS(=O)(=O)CCCN=[N+]=[N-])OC)N(C)C(=O)[C@@H](N=C(N(C)C)N(C)C)C(C)C. The van der Waals surface area contributed by atoms with E-state index in [-0.39, 0.29) is 49.5 Å². The first-order chi connectivity index (χ1) is 28.2. The molecule has 19 heteroatoms. The average Bonchev–Trinajstić information content (AvgIpc) is 3.68. The van der Waals surface area contributed by atoms with Crippen molar-refractivity contribution >= 4 is 39.6 Å². The summed E-state index contributed by atoms with van der Waals surface area (Å²) in [5.41, 5.74) is 9.19. The van der Waals surface area contributed by atoms with E-state index in [0.29, 0.717) is 30.9 Å². The van der Waals surface area contributed by atoms with Crippen molar-refractivity contribution in [1.29, 1.82) is 0 Å². The molecule has 1 aliphatic rings. The zero-order chi connectivity index (χ0) is 45.3. The summed E-state index contributed by atoms with van der Waals surface area (Å²) in [6.45, 7) is 10.0. The molecule has 1 aliphatic heterocycles. The van der Waals surface area contributed by atoms with E-state index in [1.165, 1.54) is 7.11 Å². The molecule has 1 fully saturated rings. The van der Waals surface area contributed by atoms with E-state index in [9.17, 15) is 27.6 Å². The molecule has 60 heavy (non-hydrogen) atoms. The van der Waals surface area contributed by atoms with Gasteiger partial charge in [0.05, 0.1) is 42.4 Å². The zero-order valence-corrected chi connectivity index (χ0v) is 38.5. The van der Waals surface area contributed by atoms with Gasteiger partial charge in [0.25, 0.3) is 5.91 Å². The third-order valence-corrected chi connectivity index (χ3v) is 12.4. The fourth-order valence-corrected chi connectivity index (χ4v) is 8.83. The Morgan fingerprint density at radius 1 is 0.983 bits per heavy atom. The van der Waals surface area contributed by atoms with Crippen LogP contribution in [-0.4, -0.2) is 162 Å². The van der Waals surface area contributed by atoms with Crippen LogP contribution in [-0.2, 0) is 45.1 Å². The summed E-state index contributed by atoms with van der Waals surface area (Å²) >= 11 is 0. The molecule has 1 aromatic carbocycles. The lowest BCUT2D eigenvalue weighted by atomic mass is 9.89. The number of ether oxygens (including phenoxy) is 2. The number of rotatable bonds is 23.